The highest BCUT2D eigenvalue weighted by Crippen LogP contribution is 2.41. The number of carbonyl (C=O) groups is 3. The molecule has 2 aromatic carbocycles. The van der Waals surface area contributed by atoms with Gasteiger partial charge in [-0.2, -0.15) is 13.2 Å². The zero-order valence-corrected chi connectivity index (χ0v) is 24.0. The first-order valence-electron chi connectivity index (χ1n) is 12.7. The fourth-order valence-corrected chi connectivity index (χ4v) is 4.12. The van der Waals surface area contributed by atoms with Crippen LogP contribution in [0.3, 0.4) is 0 Å². The molecule has 0 bridgehead atoms. The average molecular weight is 571 g/mol. The van der Waals surface area contributed by atoms with E-state index in [-0.39, 0.29) is 22.6 Å². The van der Waals surface area contributed by atoms with Crippen molar-refractivity contribution in [2.24, 2.45) is 0 Å². The van der Waals surface area contributed by atoms with Crippen molar-refractivity contribution in [2.75, 3.05) is 29.6 Å². The molecule has 0 aliphatic carbocycles. The molecule has 0 saturated heterocycles. The van der Waals surface area contributed by atoms with Gasteiger partial charge in [0.15, 0.2) is 5.78 Å². The molecule has 0 spiro atoms. The van der Waals surface area contributed by atoms with Crippen LogP contribution >= 0.6 is 0 Å². The third kappa shape index (κ3) is 8.54. The Kier molecular flexibility index (Phi) is 9.10. The summed E-state index contributed by atoms with van der Waals surface area (Å²) < 4.78 is 46.9. The molecule has 3 aromatic rings. The molecule has 1 heterocycles. The van der Waals surface area contributed by atoms with Gasteiger partial charge >= 0.3 is 12.3 Å². The van der Waals surface area contributed by atoms with Gasteiger partial charge < -0.3 is 15.0 Å². The number of aryl methyl sites for hydroxylation is 2. The molecular formula is C30H33F3N4O4. The zero-order valence-electron chi connectivity index (χ0n) is 24.0. The summed E-state index contributed by atoms with van der Waals surface area (Å²) in [6.45, 7) is 8.61. The number of halogens is 3. The van der Waals surface area contributed by atoms with Gasteiger partial charge in [-0.05, 0) is 76.1 Å². The molecule has 218 valence electrons. The first kappa shape index (κ1) is 31.1. The van der Waals surface area contributed by atoms with Gasteiger partial charge in [0.2, 0.25) is 5.91 Å². The summed E-state index contributed by atoms with van der Waals surface area (Å²) in [7, 11) is 2.84. The highest BCUT2D eigenvalue weighted by Gasteiger charge is 2.36. The molecule has 0 aliphatic heterocycles. The number of rotatable bonds is 7. The molecule has 2 amide bonds. The van der Waals surface area contributed by atoms with Crippen LogP contribution < -0.4 is 15.5 Å². The number of amides is 2. The highest BCUT2D eigenvalue weighted by molar-refractivity contribution is 6.12. The number of hydrogen-bond donors (Lipinski definition) is 2. The minimum absolute atomic E-state index is 0.123. The Morgan fingerprint density at radius 3 is 2.05 bits per heavy atom. The Hall–Kier alpha value is -4.41. The first-order chi connectivity index (χ1) is 18.9. The van der Waals surface area contributed by atoms with Crippen molar-refractivity contribution in [3.8, 4) is 11.1 Å². The Morgan fingerprint density at radius 2 is 1.49 bits per heavy atom. The number of aromatic nitrogens is 1. The number of benzene rings is 2. The molecule has 11 heteroatoms. The van der Waals surface area contributed by atoms with Gasteiger partial charge in [0.1, 0.15) is 5.60 Å². The van der Waals surface area contributed by atoms with Crippen molar-refractivity contribution < 1.29 is 32.3 Å². The van der Waals surface area contributed by atoms with E-state index in [1.54, 1.807) is 39.0 Å². The Bertz CT molecular complexity index is 1460. The Labute approximate surface area is 236 Å². The van der Waals surface area contributed by atoms with Crippen LogP contribution in [-0.2, 0) is 15.7 Å². The van der Waals surface area contributed by atoms with E-state index in [1.807, 2.05) is 32.0 Å². The molecule has 8 nitrogen and oxygen atoms in total. The SMILES string of the molecule is Cc1cc(-c2cccc(C(=O)CC(=O)Nc3cc(C(F)(F)F)c(N(C)C)cc3NC(=O)OC(C)(C)C)c2)cc(C)n1. The molecule has 0 unspecified atom stereocenters. The maximum atomic E-state index is 13.9. The minimum atomic E-state index is -4.76. The number of ether oxygens (including phenoxy) is 1. The summed E-state index contributed by atoms with van der Waals surface area (Å²) in [5.41, 5.74) is 0.885. The summed E-state index contributed by atoms with van der Waals surface area (Å²) >= 11 is 0. The maximum absolute atomic E-state index is 13.9. The molecule has 1 aromatic heterocycles. The number of carbonyl (C=O) groups excluding carboxylic acids is 3. The van der Waals surface area contributed by atoms with Crippen LogP contribution in [0.5, 0.6) is 0 Å². The molecule has 0 saturated carbocycles. The summed E-state index contributed by atoms with van der Waals surface area (Å²) in [6.07, 6.45) is -6.32. The van der Waals surface area contributed by atoms with Crippen molar-refractivity contribution in [1.82, 2.24) is 4.98 Å². The van der Waals surface area contributed by atoms with Crippen LogP contribution in [-0.4, -0.2) is 42.5 Å². The number of pyridine rings is 1. The van der Waals surface area contributed by atoms with Crippen molar-refractivity contribution in [3.05, 3.63) is 71.0 Å². The van der Waals surface area contributed by atoms with Gasteiger partial charge in [-0.15, -0.1) is 0 Å². The predicted molar refractivity (Wildman–Crippen MR) is 152 cm³/mol. The number of Topliss-reactive ketones (excluding diaryl/α,β-unsaturated/α-hetero) is 1. The summed E-state index contributed by atoms with van der Waals surface area (Å²) in [4.78, 5) is 43.9. The third-order valence-electron chi connectivity index (χ3n) is 5.75. The second kappa shape index (κ2) is 12.0. The standard InChI is InChI=1S/C30H33F3N4O4/c1-17-11-21(12-18(2)34-17)19-9-8-10-20(13-19)26(38)16-27(39)35-23-14-22(30(31,32)33)25(37(6)7)15-24(23)36-28(40)41-29(3,4)5/h8-15H,16H2,1-7H3,(H,35,39)(H,36,40). The monoisotopic (exact) mass is 570 g/mol. The zero-order chi connectivity index (χ0) is 30.7. The van der Waals surface area contributed by atoms with E-state index in [9.17, 15) is 27.6 Å². The predicted octanol–water partition coefficient (Wildman–Crippen LogP) is 7.01. The molecule has 0 fully saturated rings. The first-order valence-corrected chi connectivity index (χ1v) is 12.7. The number of ketones is 1. The van der Waals surface area contributed by atoms with Crippen LogP contribution in [0.2, 0.25) is 0 Å². The lowest BCUT2D eigenvalue weighted by molar-refractivity contribution is -0.137. The van der Waals surface area contributed by atoms with Crippen molar-refractivity contribution >= 4 is 34.8 Å². The van der Waals surface area contributed by atoms with Crippen molar-refractivity contribution in [2.45, 2.75) is 52.8 Å². The normalized spacial score (nSPS) is 11.6. The molecule has 41 heavy (non-hydrogen) atoms. The van der Waals surface area contributed by atoms with E-state index < -0.39 is 41.5 Å². The fraction of sp³-hybridized carbons (Fsp3) is 0.333. The fourth-order valence-electron chi connectivity index (χ4n) is 4.12. The lowest BCUT2D eigenvalue weighted by atomic mass is 9.99. The Morgan fingerprint density at radius 1 is 0.878 bits per heavy atom. The minimum Gasteiger partial charge on any atom is -0.444 e. The second-order valence-electron chi connectivity index (χ2n) is 10.8. The van der Waals surface area contributed by atoms with Gasteiger partial charge in [-0.3, -0.25) is 19.9 Å². The molecule has 2 N–H and O–H groups in total. The lowest BCUT2D eigenvalue weighted by Gasteiger charge is -2.24. The maximum Gasteiger partial charge on any atom is 0.418 e. The van der Waals surface area contributed by atoms with E-state index in [0.717, 1.165) is 34.6 Å². The molecule has 0 aliphatic rings. The van der Waals surface area contributed by atoms with Crippen LogP contribution in [0.15, 0.2) is 48.5 Å². The van der Waals surface area contributed by atoms with E-state index in [2.05, 4.69) is 15.6 Å². The Balaban J connectivity index is 1.90. The van der Waals surface area contributed by atoms with E-state index in [1.165, 1.54) is 19.0 Å². The number of anilines is 3. The lowest BCUT2D eigenvalue weighted by Crippen LogP contribution is -2.28. The third-order valence-corrected chi connectivity index (χ3v) is 5.75. The summed E-state index contributed by atoms with van der Waals surface area (Å²) in [5, 5.41) is 4.77. The van der Waals surface area contributed by atoms with Gasteiger partial charge in [0, 0.05) is 31.0 Å². The number of nitrogens with one attached hydrogen (secondary N) is 2. The van der Waals surface area contributed by atoms with Crippen LogP contribution in [0.1, 0.15) is 54.5 Å². The van der Waals surface area contributed by atoms with E-state index in [0.29, 0.717) is 0 Å². The van der Waals surface area contributed by atoms with Crippen LogP contribution in [0, 0.1) is 13.8 Å². The van der Waals surface area contributed by atoms with Gasteiger partial charge in [-0.1, -0.05) is 18.2 Å². The largest absolute Gasteiger partial charge is 0.444 e. The average Bonchev–Trinajstić information content (AvgIpc) is 2.82. The van der Waals surface area contributed by atoms with Crippen LogP contribution in [0.25, 0.3) is 11.1 Å². The second-order valence-corrected chi connectivity index (χ2v) is 10.8. The van der Waals surface area contributed by atoms with E-state index >= 15 is 0 Å². The summed E-state index contributed by atoms with van der Waals surface area (Å²) in [5.74, 6) is -1.39. The van der Waals surface area contributed by atoms with Crippen molar-refractivity contribution in [1.29, 1.82) is 0 Å². The molecule has 3 rings (SSSR count). The van der Waals surface area contributed by atoms with Gasteiger partial charge in [0.05, 0.1) is 29.0 Å². The van der Waals surface area contributed by atoms with Crippen LogP contribution in [0.4, 0.5) is 35.0 Å². The van der Waals surface area contributed by atoms with E-state index in [4.69, 9.17) is 4.74 Å². The molecule has 0 atom stereocenters. The molecule has 0 radical (unpaired) electrons. The van der Waals surface area contributed by atoms with Crippen molar-refractivity contribution in [3.63, 3.8) is 0 Å². The quantitative estimate of drug-likeness (QED) is 0.234. The van der Waals surface area contributed by atoms with Gasteiger partial charge in [-0.25, -0.2) is 4.79 Å². The number of alkyl halides is 3. The molecular weight excluding hydrogens is 537 g/mol. The topological polar surface area (TPSA) is 101 Å². The highest BCUT2D eigenvalue weighted by atomic mass is 19.4. The smallest absolute Gasteiger partial charge is 0.418 e. The van der Waals surface area contributed by atoms with Gasteiger partial charge in [0.25, 0.3) is 0 Å². The summed E-state index contributed by atoms with van der Waals surface area (Å²) in [6, 6.07) is 12.3. The number of hydrogen-bond acceptors (Lipinski definition) is 6. The number of nitrogens with zero attached hydrogens (tertiary/aromatic N) is 2.